The summed E-state index contributed by atoms with van der Waals surface area (Å²) in [5.41, 5.74) is 2.44. The minimum absolute atomic E-state index is 0.102. The SMILES string of the molecule is O=C(NCc1cccc(N2CCOCC2)n1)c1ccc2cc[nH]c2c1. The topological polar surface area (TPSA) is 70.2 Å². The number of nitrogens with zero attached hydrogens (tertiary/aromatic N) is 2. The molecule has 1 saturated heterocycles. The summed E-state index contributed by atoms with van der Waals surface area (Å²) < 4.78 is 5.38. The lowest BCUT2D eigenvalue weighted by atomic mass is 10.1. The minimum atomic E-state index is -0.102. The molecule has 25 heavy (non-hydrogen) atoms. The number of aromatic nitrogens is 2. The van der Waals surface area contributed by atoms with Crippen molar-refractivity contribution in [1.82, 2.24) is 15.3 Å². The van der Waals surface area contributed by atoms with Crippen LogP contribution in [0, 0.1) is 0 Å². The van der Waals surface area contributed by atoms with Gasteiger partial charge >= 0.3 is 0 Å². The zero-order valence-electron chi connectivity index (χ0n) is 13.9. The maximum absolute atomic E-state index is 12.4. The summed E-state index contributed by atoms with van der Waals surface area (Å²) in [5.74, 6) is 0.831. The van der Waals surface area contributed by atoms with Crippen LogP contribution in [-0.2, 0) is 11.3 Å². The third kappa shape index (κ3) is 3.49. The summed E-state index contributed by atoms with van der Waals surface area (Å²) in [5, 5.41) is 4.04. The van der Waals surface area contributed by atoms with E-state index in [9.17, 15) is 4.79 Å². The summed E-state index contributed by atoms with van der Waals surface area (Å²) in [6, 6.07) is 13.5. The Morgan fingerprint density at radius 3 is 2.96 bits per heavy atom. The fourth-order valence-corrected chi connectivity index (χ4v) is 3.00. The molecule has 6 nitrogen and oxygen atoms in total. The zero-order valence-corrected chi connectivity index (χ0v) is 13.9. The maximum Gasteiger partial charge on any atom is 0.251 e. The molecule has 1 fully saturated rings. The van der Waals surface area contributed by atoms with Crippen LogP contribution >= 0.6 is 0 Å². The second kappa shape index (κ2) is 6.94. The summed E-state index contributed by atoms with van der Waals surface area (Å²) in [7, 11) is 0. The van der Waals surface area contributed by atoms with Gasteiger partial charge in [-0.25, -0.2) is 4.98 Å². The van der Waals surface area contributed by atoms with Crippen molar-refractivity contribution in [1.29, 1.82) is 0 Å². The van der Waals surface area contributed by atoms with Crippen molar-refractivity contribution >= 4 is 22.6 Å². The largest absolute Gasteiger partial charge is 0.378 e. The van der Waals surface area contributed by atoms with Crippen LogP contribution in [0.3, 0.4) is 0 Å². The number of anilines is 1. The highest BCUT2D eigenvalue weighted by molar-refractivity contribution is 5.97. The number of H-pyrrole nitrogens is 1. The van der Waals surface area contributed by atoms with E-state index in [2.05, 4.69) is 20.2 Å². The molecule has 1 aromatic carbocycles. The standard InChI is InChI=1S/C19H20N4O2/c24-19(15-5-4-14-6-7-20-17(14)12-15)21-13-16-2-1-3-18(22-16)23-8-10-25-11-9-23/h1-7,12,20H,8-11,13H2,(H,21,24). The number of fused-ring (bicyclic) bond motifs is 1. The number of carbonyl (C=O) groups is 1. The van der Waals surface area contributed by atoms with Gasteiger partial charge in [0.05, 0.1) is 25.5 Å². The molecule has 4 rings (SSSR count). The van der Waals surface area contributed by atoms with Crippen molar-refractivity contribution < 1.29 is 9.53 Å². The third-order valence-corrected chi connectivity index (χ3v) is 4.37. The third-order valence-electron chi connectivity index (χ3n) is 4.37. The van der Waals surface area contributed by atoms with Gasteiger partial charge in [0, 0.05) is 30.4 Å². The quantitative estimate of drug-likeness (QED) is 0.767. The molecule has 0 saturated carbocycles. The van der Waals surface area contributed by atoms with Crippen LogP contribution in [0.4, 0.5) is 5.82 Å². The molecule has 2 N–H and O–H groups in total. The zero-order chi connectivity index (χ0) is 17.1. The first kappa shape index (κ1) is 15.7. The Kier molecular flexibility index (Phi) is 4.35. The lowest BCUT2D eigenvalue weighted by Crippen LogP contribution is -2.37. The maximum atomic E-state index is 12.4. The minimum Gasteiger partial charge on any atom is -0.378 e. The van der Waals surface area contributed by atoms with Gasteiger partial charge in [-0.1, -0.05) is 12.1 Å². The Bertz CT molecular complexity index is 884. The number of hydrogen-bond donors (Lipinski definition) is 2. The molecule has 0 radical (unpaired) electrons. The molecule has 0 unspecified atom stereocenters. The van der Waals surface area contributed by atoms with Gasteiger partial charge in [0.25, 0.3) is 5.91 Å². The summed E-state index contributed by atoms with van der Waals surface area (Å²) in [4.78, 5) is 22.4. The monoisotopic (exact) mass is 336 g/mol. The molecular weight excluding hydrogens is 316 g/mol. The average molecular weight is 336 g/mol. The number of hydrogen-bond acceptors (Lipinski definition) is 4. The van der Waals surface area contributed by atoms with Crippen LogP contribution in [0.2, 0.25) is 0 Å². The first-order chi connectivity index (χ1) is 12.3. The second-order valence-electron chi connectivity index (χ2n) is 6.05. The van der Waals surface area contributed by atoms with Crippen LogP contribution in [0.25, 0.3) is 10.9 Å². The highest BCUT2D eigenvalue weighted by Crippen LogP contribution is 2.15. The van der Waals surface area contributed by atoms with E-state index in [1.54, 1.807) is 0 Å². The van der Waals surface area contributed by atoms with Crippen molar-refractivity contribution in [2.75, 3.05) is 31.2 Å². The molecule has 0 bridgehead atoms. The van der Waals surface area contributed by atoms with Crippen molar-refractivity contribution in [2.45, 2.75) is 6.54 Å². The lowest BCUT2D eigenvalue weighted by Gasteiger charge is -2.28. The van der Waals surface area contributed by atoms with Crippen molar-refractivity contribution in [2.24, 2.45) is 0 Å². The van der Waals surface area contributed by atoms with Gasteiger partial charge in [-0.2, -0.15) is 0 Å². The molecule has 3 heterocycles. The van der Waals surface area contributed by atoms with Crippen LogP contribution in [0.1, 0.15) is 16.1 Å². The molecule has 3 aromatic rings. The van der Waals surface area contributed by atoms with Crippen LogP contribution in [0.5, 0.6) is 0 Å². The molecule has 6 heteroatoms. The number of ether oxygens (including phenoxy) is 1. The van der Waals surface area contributed by atoms with E-state index in [-0.39, 0.29) is 5.91 Å². The van der Waals surface area contributed by atoms with Crippen molar-refractivity contribution in [3.8, 4) is 0 Å². The van der Waals surface area contributed by atoms with E-state index in [4.69, 9.17) is 4.74 Å². The van der Waals surface area contributed by atoms with Gasteiger partial charge in [-0.3, -0.25) is 4.79 Å². The fourth-order valence-electron chi connectivity index (χ4n) is 3.00. The molecule has 0 spiro atoms. The van der Waals surface area contributed by atoms with E-state index >= 15 is 0 Å². The van der Waals surface area contributed by atoms with Gasteiger partial charge in [-0.05, 0) is 35.7 Å². The van der Waals surface area contributed by atoms with Gasteiger partial charge < -0.3 is 19.9 Å². The predicted molar refractivity (Wildman–Crippen MR) is 96.7 cm³/mol. The first-order valence-electron chi connectivity index (χ1n) is 8.43. The number of rotatable bonds is 4. The molecule has 1 aliphatic heterocycles. The normalized spacial score (nSPS) is 14.6. The number of amides is 1. The molecule has 2 aromatic heterocycles. The van der Waals surface area contributed by atoms with Crippen molar-refractivity contribution in [3.05, 3.63) is 59.9 Å². The number of pyridine rings is 1. The van der Waals surface area contributed by atoms with E-state index < -0.39 is 0 Å². The molecular formula is C19H20N4O2. The van der Waals surface area contributed by atoms with Crippen LogP contribution < -0.4 is 10.2 Å². The molecule has 0 atom stereocenters. The van der Waals surface area contributed by atoms with Gasteiger partial charge in [-0.15, -0.1) is 0 Å². The lowest BCUT2D eigenvalue weighted by molar-refractivity contribution is 0.0950. The van der Waals surface area contributed by atoms with E-state index in [0.29, 0.717) is 12.1 Å². The molecule has 0 aliphatic carbocycles. The highest BCUT2D eigenvalue weighted by Gasteiger charge is 2.13. The fraction of sp³-hybridized carbons (Fsp3) is 0.263. The van der Waals surface area contributed by atoms with Gasteiger partial charge in [0.1, 0.15) is 5.82 Å². The summed E-state index contributed by atoms with van der Waals surface area (Å²) in [6.45, 7) is 3.55. The Labute approximate surface area is 145 Å². The Morgan fingerprint density at radius 1 is 1.20 bits per heavy atom. The second-order valence-corrected chi connectivity index (χ2v) is 6.05. The molecule has 1 aliphatic rings. The van der Waals surface area contributed by atoms with Crippen molar-refractivity contribution in [3.63, 3.8) is 0 Å². The number of carbonyl (C=O) groups excluding carboxylic acids is 1. The first-order valence-corrected chi connectivity index (χ1v) is 8.43. The van der Waals surface area contributed by atoms with E-state index in [1.165, 1.54) is 0 Å². The smallest absolute Gasteiger partial charge is 0.251 e. The number of nitrogens with one attached hydrogen (secondary N) is 2. The Morgan fingerprint density at radius 2 is 2.08 bits per heavy atom. The highest BCUT2D eigenvalue weighted by atomic mass is 16.5. The number of morpholine rings is 1. The molecule has 1 amide bonds. The van der Waals surface area contributed by atoms with Crippen LogP contribution in [0.15, 0.2) is 48.7 Å². The van der Waals surface area contributed by atoms with E-state index in [1.807, 2.05) is 48.7 Å². The molecule has 128 valence electrons. The summed E-state index contributed by atoms with van der Waals surface area (Å²) in [6.07, 6.45) is 1.87. The number of aromatic amines is 1. The average Bonchev–Trinajstić information content (AvgIpc) is 3.15. The van der Waals surface area contributed by atoms with Gasteiger partial charge in [0.15, 0.2) is 0 Å². The summed E-state index contributed by atoms with van der Waals surface area (Å²) >= 11 is 0. The van der Waals surface area contributed by atoms with Crippen LogP contribution in [-0.4, -0.2) is 42.2 Å². The number of benzene rings is 1. The van der Waals surface area contributed by atoms with E-state index in [0.717, 1.165) is 48.7 Å². The Balaban J connectivity index is 1.42. The Hall–Kier alpha value is -2.86. The predicted octanol–water partition coefficient (Wildman–Crippen LogP) is 2.33. The van der Waals surface area contributed by atoms with Gasteiger partial charge in [0.2, 0.25) is 0 Å².